The van der Waals surface area contributed by atoms with E-state index < -0.39 is 5.97 Å². The molecule has 2 aromatic carbocycles. The number of thioether (sulfide) groups is 1. The number of anilines is 1. The molecule has 136 valence electrons. The molecule has 0 aliphatic carbocycles. The molecule has 4 nitrogen and oxygen atoms in total. The predicted octanol–water partition coefficient (Wildman–Crippen LogP) is 4.79. The topological polar surface area (TPSA) is 46.6 Å². The molecule has 0 bridgehead atoms. The van der Waals surface area contributed by atoms with Crippen molar-refractivity contribution in [2.24, 2.45) is 0 Å². The molecule has 4 rings (SSSR count). The van der Waals surface area contributed by atoms with E-state index in [1.807, 2.05) is 60.0 Å². The molecule has 3 aromatic rings. The summed E-state index contributed by atoms with van der Waals surface area (Å²) in [6.07, 6.45) is 0. The summed E-state index contributed by atoms with van der Waals surface area (Å²) in [5, 5.41) is 3.52. The molecule has 1 amide bonds. The van der Waals surface area contributed by atoms with Crippen LogP contribution in [0.15, 0.2) is 76.3 Å². The van der Waals surface area contributed by atoms with Gasteiger partial charge in [-0.2, -0.15) is 11.3 Å². The number of nitrogens with zero attached hydrogens (tertiary/aromatic N) is 1. The first-order valence-corrected chi connectivity index (χ1v) is 10.4. The van der Waals surface area contributed by atoms with E-state index in [1.54, 1.807) is 28.1 Å². The van der Waals surface area contributed by atoms with Crippen molar-refractivity contribution in [3.63, 3.8) is 0 Å². The number of ether oxygens (including phenoxy) is 1. The van der Waals surface area contributed by atoms with E-state index in [0.717, 1.165) is 21.9 Å². The summed E-state index contributed by atoms with van der Waals surface area (Å²) in [7, 11) is 0. The highest BCUT2D eigenvalue weighted by Gasteiger charge is 2.32. The minimum Gasteiger partial charge on any atom is -0.452 e. The van der Waals surface area contributed by atoms with Crippen molar-refractivity contribution >= 4 is 40.7 Å². The van der Waals surface area contributed by atoms with Gasteiger partial charge in [0.1, 0.15) is 0 Å². The maximum absolute atomic E-state index is 13.1. The normalized spacial score (nSPS) is 15.9. The first kappa shape index (κ1) is 17.8. The standard InChI is InChI=1S/C21H17NO3S2/c23-20(12-25-21(24)16-10-11-26-13-16)22-17-8-4-5-9-19(17)27-14-18(22)15-6-2-1-3-7-15/h1-11,13,18H,12,14H2/t18-/m1/s1. The van der Waals surface area contributed by atoms with Crippen molar-refractivity contribution in [3.05, 3.63) is 82.6 Å². The summed E-state index contributed by atoms with van der Waals surface area (Å²) in [4.78, 5) is 28.0. The SMILES string of the molecule is O=C(OCC(=O)N1c2ccccc2SC[C@@H]1c1ccccc1)c1ccsc1. The van der Waals surface area contributed by atoms with Gasteiger partial charge < -0.3 is 4.74 Å². The first-order valence-electron chi connectivity index (χ1n) is 8.52. The van der Waals surface area contributed by atoms with Crippen LogP contribution < -0.4 is 4.90 Å². The van der Waals surface area contributed by atoms with E-state index in [4.69, 9.17) is 4.74 Å². The molecule has 1 aromatic heterocycles. The van der Waals surface area contributed by atoms with E-state index in [-0.39, 0.29) is 18.6 Å². The maximum Gasteiger partial charge on any atom is 0.339 e. The molecule has 0 saturated carbocycles. The van der Waals surface area contributed by atoms with Gasteiger partial charge in [-0.3, -0.25) is 9.69 Å². The Bertz CT molecular complexity index is 941. The van der Waals surface area contributed by atoms with Crippen molar-refractivity contribution in [1.29, 1.82) is 0 Å². The molecule has 0 spiro atoms. The zero-order valence-electron chi connectivity index (χ0n) is 14.4. The average molecular weight is 396 g/mol. The highest BCUT2D eigenvalue weighted by Crippen LogP contribution is 2.43. The summed E-state index contributed by atoms with van der Waals surface area (Å²) in [6.45, 7) is -0.281. The molecule has 0 N–H and O–H groups in total. The Morgan fingerprint density at radius 1 is 1.04 bits per heavy atom. The van der Waals surface area contributed by atoms with Crippen LogP contribution in [0.4, 0.5) is 5.69 Å². The maximum atomic E-state index is 13.1. The van der Waals surface area contributed by atoms with Gasteiger partial charge >= 0.3 is 5.97 Å². The lowest BCUT2D eigenvalue weighted by Crippen LogP contribution is -2.41. The van der Waals surface area contributed by atoms with Crippen molar-refractivity contribution < 1.29 is 14.3 Å². The number of benzene rings is 2. The van der Waals surface area contributed by atoms with E-state index in [0.29, 0.717) is 5.56 Å². The molecule has 27 heavy (non-hydrogen) atoms. The third kappa shape index (κ3) is 3.77. The summed E-state index contributed by atoms with van der Waals surface area (Å²) in [5.41, 5.74) is 2.40. The number of esters is 1. The van der Waals surface area contributed by atoms with Gasteiger partial charge in [-0.15, -0.1) is 11.8 Å². The van der Waals surface area contributed by atoms with Gasteiger partial charge in [-0.05, 0) is 29.1 Å². The van der Waals surface area contributed by atoms with Crippen LogP contribution in [-0.4, -0.2) is 24.2 Å². The van der Waals surface area contributed by atoms with Crippen molar-refractivity contribution in [2.45, 2.75) is 10.9 Å². The number of carbonyl (C=O) groups excluding carboxylic acids is 2. The minimum atomic E-state index is -0.472. The lowest BCUT2D eigenvalue weighted by molar-refractivity contribution is -0.122. The van der Waals surface area contributed by atoms with Gasteiger partial charge in [-0.1, -0.05) is 42.5 Å². The Balaban J connectivity index is 1.59. The summed E-state index contributed by atoms with van der Waals surface area (Å²) in [6, 6.07) is 19.4. The Morgan fingerprint density at radius 2 is 1.81 bits per heavy atom. The van der Waals surface area contributed by atoms with Gasteiger partial charge in [0.2, 0.25) is 0 Å². The fraction of sp³-hybridized carbons (Fsp3) is 0.143. The lowest BCUT2D eigenvalue weighted by atomic mass is 10.1. The van der Waals surface area contributed by atoms with Crippen LogP contribution in [0.5, 0.6) is 0 Å². The second-order valence-corrected chi connectivity index (χ2v) is 7.90. The molecular formula is C21H17NO3S2. The van der Waals surface area contributed by atoms with Gasteiger partial charge in [0.25, 0.3) is 5.91 Å². The fourth-order valence-electron chi connectivity index (χ4n) is 3.08. The highest BCUT2D eigenvalue weighted by atomic mass is 32.2. The van der Waals surface area contributed by atoms with E-state index >= 15 is 0 Å². The molecule has 1 aliphatic rings. The van der Waals surface area contributed by atoms with Crippen LogP contribution in [0.3, 0.4) is 0 Å². The number of hydrogen-bond donors (Lipinski definition) is 0. The number of fused-ring (bicyclic) bond motifs is 1. The first-order chi connectivity index (χ1) is 13.2. The predicted molar refractivity (Wildman–Crippen MR) is 108 cm³/mol. The Kier molecular flexibility index (Phi) is 5.27. The average Bonchev–Trinajstić information content (AvgIpc) is 3.26. The number of rotatable bonds is 4. The van der Waals surface area contributed by atoms with E-state index in [2.05, 4.69) is 0 Å². The van der Waals surface area contributed by atoms with Crippen molar-refractivity contribution in [3.8, 4) is 0 Å². The number of thiophene rings is 1. The third-order valence-electron chi connectivity index (χ3n) is 4.37. The fourth-order valence-corrected chi connectivity index (χ4v) is 4.87. The molecule has 2 heterocycles. The van der Waals surface area contributed by atoms with Crippen LogP contribution in [0, 0.1) is 0 Å². The largest absolute Gasteiger partial charge is 0.452 e. The molecule has 0 radical (unpaired) electrons. The molecule has 1 atom stereocenters. The monoisotopic (exact) mass is 395 g/mol. The van der Waals surface area contributed by atoms with Crippen LogP contribution in [0.1, 0.15) is 22.0 Å². The quantitative estimate of drug-likeness (QED) is 0.596. The second kappa shape index (κ2) is 7.98. The molecule has 0 fully saturated rings. The Labute approximate surface area is 165 Å². The number of hydrogen-bond acceptors (Lipinski definition) is 5. The van der Waals surface area contributed by atoms with E-state index in [1.165, 1.54) is 11.3 Å². The second-order valence-electron chi connectivity index (χ2n) is 6.06. The summed E-state index contributed by atoms with van der Waals surface area (Å²) >= 11 is 3.15. The van der Waals surface area contributed by atoms with Gasteiger partial charge in [-0.25, -0.2) is 4.79 Å². The molecule has 1 aliphatic heterocycles. The lowest BCUT2D eigenvalue weighted by Gasteiger charge is -2.37. The van der Waals surface area contributed by atoms with Crippen LogP contribution in [0.25, 0.3) is 0 Å². The van der Waals surface area contributed by atoms with Gasteiger partial charge in [0, 0.05) is 16.0 Å². The molecule has 0 unspecified atom stereocenters. The van der Waals surface area contributed by atoms with Crippen molar-refractivity contribution in [2.75, 3.05) is 17.3 Å². The van der Waals surface area contributed by atoms with Crippen LogP contribution >= 0.6 is 23.1 Å². The summed E-state index contributed by atoms with van der Waals surface area (Å²) in [5.74, 6) is 0.0614. The van der Waals surface area contributed by atoms with Crippen LogP contribution in [0.2, 0.25) is 0 Å². The third-order valence-corrected chi connectivity index (χ3v) is 6.19. The smallest absolute Gasteiger partial charge is 0.339 e. The zero-order chi connectivity index (χ0) is 18.6. The van der Waals surface area contributed by atoms with Crippen molar-refractivity contribution in [1.82, 2.24) is 0 Å². The zero-order valence-corrected chi connectivity index (χ0v) is 16.0. The Hall–Kier alpha value is -2.57. The van der Waals surface area contributed by atoms with Crippen LogP contribution in [-0.2, 0) is 9.53 Å². The molecule has 0 saturated heterocycles. The number of amides is 1. The Morgan fingerprint density at radius 3 is 2.59 bits per heavy atom. The number of carbonyl (C=O) groups is 2. The highest BCUT2D eigenvalue weighted by molar-refractivity contribution is 7.99. The van der Waals surface area contributed by atoms with Gasteiger partial charge in [0.15, 0.2) is 6.61 Å². The molecule has 6 heteroatoms. The van der Waals surface area contributed by atoms with Gasteiger partial charge in [0.05, 0.1) is 17.3 Å². The minimum absolute atomic E-state index is 0.0987. The number of para-hydroxylation sites is 1. The van der Waals surface area contributed by atoms with E-state index in [9.17, 15) is 9.59 Å². The molecular weight excluding hydrogens is 378 g/mol. The summed E-state index contributed by atoms with van der Waals surface area (Å²) < 4.78 is 5.27.